The lowest BCUT2D eigenvalue weighted by Gasteiger charge is -2.36. The monoisotopic (exact) mass is 542 g/mol. The number of rotatable bonds is 6. The topological polar surface area (TPSA) is 78.1 Å². The lowest BCUT2D eigenvalue weighted by atomic mass is 10.2. The summed E-state index contributed by atoms with van der Waals surface area (Å²) in [6.45, 7) is 3.88. The summed E-state index contributed by atoms with van der Waals surface area (Å²) >= 11 is 5.96. The van der Waals surface area contributed by atoms with Gasteiger partial charge in [-0.3, -0.25) is 9.78 Å². The van der Waals surface area contributed by atoms with E-state index in [1.54, 1.807) is 18.1 Å². The third kappa shape index (κ3) is 7.02. The standard InChI is InChI=1S/C21H27ClN6O.HI/c1-26(11-9-18-4-2-3-10-24-18)20(29)16-25-21(23)28-14-12-27(13-15-28)19-7-5-17(22)6-8-19;/h2-8,10H,9,11-16H2,1H3,(H2,23,25);1H. The van der Waals surface area contributed by atoms with Crippen LogP contribution >= 0.6 is 35.6 Å². The SMILES string of the molecule is CN(CCc1ccccn1)C(=O)CN=C(N)N1CCN(c2ccc(Cl)cc2)CC1.I. The quantitative estimate of drug-likeness (QED) is 0.345. The van der Waals surface area contributed by atoms with E-state index in [0.29, 0.717) is 12.5 Å². The van der Waals surface area contributed by atoms with Gasteiger partial charge in [-0.05, 0) is 36.4 Å². The fourth-order valence-electron chi connectivity index (χ4n) is 3.17. The number of aromatic nitrogens is 1. The van der Waals surface area contributed by atoms with Gasteiger partial charge < -0.3 is 20.4 Å². The summed E-state index contributed by atoms with van der Waals surface area (Å²) in [5.74, 6) is 0.371. The van der Waals surface area contributed by atoms with Crippen molar-refractivity contribution in [1.29, 1.82) is 0 Å². The number of hydrogen-bond donors (Lipinski definition) is 1. The molecule has 1 fully saturated rings. The van der Waals surface area contributed by atoms with E-state index in [2.05, 4.69) is 14.9 Å². The van der Waals surface area contributed by atoms with Crippen LogP contribution in [0, 0.1) is 0 Å². The molecule has 162 valence electrons. The van der Waals surface area contributed by atoms with E-state index in [9.17, 15) is 4.79 Å². The second-order valence-corrected chi connectivity index (χ2v) is 7.45. The third-order valence-electron chi connectivity index (χ3n) is 5.03. The maximum Gasteiger partial charge on any atom is 0.244 e. The number of aliphatic imine (C=N–C) groups is 1. The summed E-state index contributed by atoms with van der Waals surface area (Å²) in [6.07, 6.45) is 2.48. The Morgan fingerprint density at radius 3 is 2.50 bits per heavy atom. The highest BCUT2D eigenvalue weighted by Crippen LogP contribution is 2.19. The minimum atomic E-state index is -0.0521. The van der Waals surface area contributed by atoms with E-state index in [-0.39, 0.29) is 36.4 Å². The Morgan fingerprint density at radius 1 is 1.17 bits per heavy atom. The molecule has 1 saturated heterocycles. The first kappa shape index (κ1) is 24.2. The first-order chi connectivity index (χ1) is 14.0. The van der Waals surface area contributed by atoms with Crippen LogP contribution in [0.1, 0.15) is 5.69 Å². The van der Waals surface area contributed by atoms with Crippen molar-refractivity contribution in [2.45, 2.75) is 6.42 Å². The molecule has 9 heteroatoms. The second-order valence-electron chi connectivity index (χ2n) is 7.01. The number of nitrogens with zero attached hydrogens (tertiary/aromatic N) is 5. The fraction of sp³-hybridized carbons (Fsp3) is 0.381. The van der Waals surface area contributed by atoms with Gasteiger partial charge in [-0.25, -0.2) is 4.99 Å². The number of carbonyl (C=O) groups excluding carboxylic acids is 1. The van der Waals surface area contributed by atoms with Crippen LogP contribution in [-0.4, -0.2) is 73.0 Å². The zero-order chi connectivity index (χ0) is 20.6. The highest BCUT2D eigenvalue weighted by atomic mass is 127. The normalized spacial score (nSPS) is 14.3. The second kappa shape index (κ2) is 11.9. The van der Waals surface area contributed by atoms with Gasteiger partial charge >= 0.3 is 0 Å². The number of hydrogen-bond acceptors (Lipinski definition) is 4. The van der Waals surface area contributed by atoms with E-state index in [4.69, 9.17) is 17.3 Å². The van der Waals surface area contributed by atoms with Crippen LogP contribution < -0.4 is 10.6 Å². The van der Waals surface area contributed by atoms with Crippen LogP contribution in [-0.2, 0) is 11.2 Å². The molecule has 1 aromatic carbocycles. The molecule has 0 saturated carbocycles. The molecule has 0 bridgehead atoms. The largest absolute Gasteiger partial charge is 0.370 e. The van der Waals surface area contributed by atoms with E-state index in [1.165, 1.54) is 0 Å². The lowest BCUT2D eigenvalue weighted by Crippen LogP contribution is -2.51. The predicted octanol–water partition coefficient (Wildman–Crippen LogP) is 2.49. The summed E-state index contributed by atoms with van der Waals surface area (Å²) in [6, 6.07) is 13.6. The first-order valence-electron chi connectivity index (χ1n) is 9.72. The Hall–Kier alpha value is -2.07. The highest BCUT2D eigenvalue weighted by molar-refractivity contribution is 14.0. The summed E-state index contributed by atoms with van der Waals surface area (Å²) in [4.78, 5) is 26.9. The molecule has 1 aromatic heterocycles. The molecule has 7 nitrogen and oxygen atoms in total. The van der Waals surface area contributed by atoms with Crippen molar-refractivity contribution < 1.29 is 4.79 Å². The first-order valence-corrected chi connectivity index (χ1v) is 10.1. The van der Waals surface area contributed by atoms with E-state index in [0.717, 1.165) is 49.0 Å². The van der Waals surface area contributed by atoms with Gasteiger partial charge in [-0.2, -0.15) is 0 Å². The van der Waals surface area contributed by atoms with Gasteiger partial charge in [0.2, 0.25) is 5.91 Å². The zero-order valence-electron chi connectivity index (χ0n) is 17.1. The Morgan fingerprint density at radius 2 is 1.87 bits per heavy atom. The molecular formula is C21H28ClIN6O. The average Bonchev–Trinajstić information content (AvgIpc) is 2.77. The lowest BCUT2D eigenvalue weighted by molar-refractivity contribution is -0.128. The highest BCUT2D eigenvalue weighted by Gasteiger charge is 2.19. The van der Waals surface area contributed by atoms with Crippen molar-refractivity contribution in [3.05, 3.63) is 59.4 Å². The summed E-state index contributed by atoms with van der Waals surface area (Å²) in [5.41, 5.74) is 8.24. The van der Waals surface area contributed by atoms with Crippen molar-refractivity contribution in [3.8, 4) is 0 Å². The van der Waals surface area contributed by atoms with Crippen molar-refractivity contribution in [2.24, 2.45) is 10.7 Å². The van der Waals surface area contributed by atoms with Gasteiger partial charge in [0, 0.05) is 68.8 Å². The number of guanidine groups is 1. The molecule has 1 aliphatic rings. The molecule has 2 aromatic rings. The fourth-order valence-corrected chi connectivity index (χ4v) is 3.29. The number of amides is 1. The molecule has 2 heterocycles. The summed E-state index contributed by atoms with van der Waals surface area (Å²) in [7, 11) is 1.78. The van der Waals surface area contributed by atoms with Crippen LogP contribution in [0.25, 0.3) is 0 Å². The smallest absolute Gasteiger partial charge is 0.244 e. The summed E-state index contributed by atoms with van der Waals surface area (Å²) in [5, 5.41) is 0.735. The zero-order valence-corrected chi connectivity index (χ0v) is 20.2. The molecule has 0 aliphatic carbocycles. The molecule has 0 unspecified atom stereocenters. The van der Waals surface area contributed by atoms with Gasteiger partial charge in [0.25, 0.3) is 0 Å². The molecule has 3 rings (SSSR count). The maximum absolute atomic E-state index is 12.3. The Labute approximate surface area is 199 Å². The van der Waals surface area contributed by atoms with Crippen molar-refractivity contribution in [3.63, 3.8) is 0 Å². The van der Waals surface area contributed by atoms with E-state index < -0.39 is 0 Å². The van der Waals surface area contributed by atoms with E-state index >= 15 is 0 Å². The van der Waals surface area contributed by atoms with Crippen LogP contribution in [0.2, 0.25) is 5.02 Å². The molecule has 0 spiro atoms. The minimum absolute atomic E-state index is 0. The molecular weight excluding hydrogens is 515 g/mol. The van der Waals surface area contributed by atoms with E-state index in [1.807, 2.05) is 47.4 Å². The number of benzene rings is 1. The molecule has 0 atom stereocenters. The molecule has 30 heavy (non-hydrogen) atoms. The molecule has 0 radical (unpaired) electrons. The van der Waals surface area contributed by atoms with Gasteiger partial charge in [-0.1, -0.05) is 17.7 Å². The van der Waals surface area contributed by atoms with Crippen molar-refractivity contribution in [2.75, 3.05) is 51.2 Å². The van der Waals surface area contributed by atoms with Gasteiger partial charge in [0.1, 0.15) is 6.54 Å². The number of carbonyl (C=O) groups is 1. The van der Waals surface area contributed by atoms with Crippen molar-refractivity contribution >= 4 is 53.1 Å². The van der Waals surface area contributed by atoms with Crippen LogP contribution in [0.4, 0.5) is 5.69 Å². The van der Waals surface area contributed by atoms with Crippen LogP contribution in [0.15, 0.2) is 53.7 Å². The van der Waals surface area contributed by atoms with Crippen molar-refractivity contribution in [1.82, 2.24) is 14.8 Å². The third-order valence-corrected chi connectivity index (χ3v) is 5.28. The number of likely N-dealkylation sites (N-methyl/N-ethyl adjacent to an activating group) is 1. The van der Waals surface area contributed by atoms with Gasteiger partial charge in [-0.15, -0.1) is 24.0 Å². The Bertz CT molecular complexity index is 825. The maximum atomic E-state index is 12.3. The van der Waals surface area contributed by atoms with Gasteiger partial charge in [0.05, 0.1) is 0 Å². The number of pyridine rings is 1. The number of piperazine rings is 1. The number of nitrogens with two attached hydrogens (primary N) is 1. The molecule has 2 N–H and O–H groups in total. The summed E-state index contributed by atoms with van der Waals surface area (Å²) < 4.78 is 0. The Balaban J connectivity index is 0.00000320. The van der Waals surface area contributed by atoms with Crippen LogP contribution in [0.5, 0.6) is 0 Å². The number of anilines is 1. The Kier molecular flexibility index (Phi) is 9.64. The average molecular weight is 543 g/mol. The molecule has 1 amide bonds. The number of halogens is 2. The minimum Gasteiger partial charge on any atom is -0.370 e. The van der Waals surface area contributed by atoms with Gasteiger partial charge in [0.15, 0.2) is 5.96 Å². The van der Waals surface area contributed by atoms with Crippen LogP contribution in [0.3, 0.4) is 0 Å². The molecule has 1 aliphatic heterocycles. The predicted molar refractivity (Wildman–Crippen MR) is 133 cm³/mol.